The molecule has 0 aromatic rings. The maximum Gasteiger partial charge on any atom is 0.140 e. The van der Waals surface area contributed by atoms with Gasteiger partial charge < -0.3 is 14.8 Å². The number of ether oxygens (including phenoxy) is 2. The molecule has 0 aliphatic carbocycles. The Morgan fingerprint density at radius 3 is 2.17 bits per heavy atom. The molecule has 0 radical (unpaired) electrons. The molecule has 0 saturated heterocycles. The topological polar surface area (TPSA) is 47.6 Å². The normalized spacial score (nSPS) is 11.8. The molecule has 1 N–H and O–H groups in total. The highest BCUT2D eigenvalue weighted by Crippen LogP contribution is 2.16. The zero-order valence-electron chi connectivity index (χ0n) is 12.4. The quantitative estimate of drug-likeness (QED) is 0.577. The van der Waals surface area contributed by atoms with Gasteiger partial charge in [0.25, 0.3) is 0 Å². The molecular formula is C14H29NO3. The Morgan fingerprint density at radius 2 is 1.61 bits per heavy atom. The van der Waals surface area contributed by atoms with Crippen molar-refractivity contribution < 1.29 is 14.3 Å². The fraction of sp³-hybridized carbons (Fsp3) is 0.929. The van der Waals surface area contributed by atoms with Crippen LogP contribution in [0.4, 0.5) is 0 Å². The highest BCUT2D eigenvalue weighted by atomic mass is 16.5. The molecule has 0 rings (SSSR count). The van der Waals surface area contributed by atoms with Gasteiger partial charge in [0.15, 0.2) is 0 Å². The summed E-state index contributed by atoms with van der Waals surface area (Å²) >= 11 is 0. The number of rotatable bonds is 11. The van der Waals surface area contributed by atoms with E-state index in [0.29, 0.717) is 32.8 Å². The maximum atomic E-state index is 11.6. The van der Waals surface area contributed by atoms with Crippen molar-refractivity contribution in [2.45, 2.75) is 40.5 Å². The summed E-state index contributed by atoms with van der Waals surface area (Å²) in [6.07, 6.45) is 1.63. The highest BCUT2D eigenvalue weighted by molar-refractivity contribution is 5.83. The van der Waals surface area contributed by atoms with Gasteiger partial charge in [-0.05, 0) is 13.0 Å². The number of hydrogen-bond acceptors (Lipinski definition) is 4. The molecule has 0 amide bonds. The molecule has 4 nitrogen and oxygen atoms in total. The van der Waals surface area contributed by atoms with Gasteiger partial charge in [0.2, 0.25) is 0 Å². The van der Waals surface area contributed by atoms with Crippen LogP contribution in [0.5, 0.6) is 0 Å². The lowest BCUT2D eigenvalue weighted by Gasteiger charge is -2.16. The summed E-state index contributed by atoms with van der Waals surface area (Å²) in [6, 6.07) is 0. The predicted octanol–water partition coefficient (Wildman–Crippen LogP) is 2.02. The standard InChI is InChI=1S/C14H29NO3/c1-5-7-15-8-10-18-12-11-17-9-6-13(16)14(2,3)4/h15H,5-12H2,1-4H3. The van der Waals surface area contributed by atoms with Crippen LogP contribution in [-0.2, 0) is 14.3 Å². The minimum Gasteiger partial charge on any atom is -0.379 e. The summed E-state index contributed by atoms with van der Waals surface area (Å²) in [5.74, 6) is 0.243. The minimum absolute atomic E-state index is 0.243. The van der Waals surface area contributed by atoms with E-state index in [1.807, 2.05) is 20.8 Å². The number of hydrogen-bond donors (Lipinski definition) is 1. The molecule has 0 bridgehead atoms. The molecule has 0 saturated carbocycles. The van der Waals surface area contributed by atoms with Crippen molar-refractivity contribution in [3.63, 3.8) is 0 Å². The Hall–Kier alpha value is -0.450. The van der Waals surface area contributed by atoms with Gasteiger partial charge in [-0.3, -0.25) is 4.79 Å². The van der Waals surface area contributed by atoms with Gasteiger partial charge in [-0.1, -0.05) is 27.7 Å². The molecule has 0 aliphatic rings. The summed E-state index contributed by atoms with van der Waals surface area (Å²) in [4.78, 5) is 11.6. The van der Waals surface area contributed by atoms with Crippen molar-refractivity contribution in [1.82, 2.24) is 5.32 Å². The van der Waals surface area contributed by atoms with Crippen LogP contribution in [0.1, 0.15) is 40.5 Å². The second kappa shape index (κ2) is 10.5. The van der Waals surface area contributed by atoms with Crippen LogP contribution in [0.15, 0.2) is 0 Å². The van der Waals surface area contributed by atoms with Gasteiger partial charge >= 0.3 is 0 Å². The molecule has 0 aromatic carbocycles. The number of Topliss-reactive ketones (excluding diaryl/α,β-unsaturated/α-hetero) is 1. The lowest BCUT2D eigenvalue weighted by Crippen LogP contribution is -2.22. The maximum absolute atomic E-state index is 11.6. The second-order valence-electron chi connectivity index (χ2n) is 5.40. The summed E-state index contributed by atoms with van der Waals surface area (Å²) in [7, 11) is 0. The first kappa shape index (κ1) is 17.6. The Kier molecular flexibility index (Phi) is 10.2. The number of carbonyl (C=O) groups excluding carboxylic acids is 1. The van der Waals surface area contributed by atoms with Crippen LogP contribution in [0.25, 0.3) is 0 Å². The van der Waals surface area contributed by atoms with E-state index in [9.17, 15) is 4.79 Å². The Bertz CT molecular complexity index is 212. The molecule has 18 heavy (non-hydrogen) atoms. The average molecular weight is 259 g/mol. The van der Waals surface area contributed by atoms with Crippen molar-refractivity contribution in [3.05, 3.63) is 0 Å². The third kappa shape index (κ3) is 10.7. The van der Waals surface area contributed by atoms with E-state index >= 15 is 0 Å². The molecule has 0 aromatic heterocycles. The lowest BCUT2D eigenvalue weighted by molar-refractivity contribution is -0.127. The van der Waals surface area contributed by atoms with Crippen LogP contribution in [0.2, 0.25) is 0 Å². The number of ketones is 1. The van der Waals surface area contributed by atoms with Crippen molar-refractivity contribution in [2.75, 3.05) is 39.5 Å². The first-order chi connectivity index (χ1) is 8.48. The fourth-order valence-corrected chi connectivity index (χ4v) is 1.31. The average Bonchev–Trinajstić information content (AvgIpc) is 2.30. The highest BCUT2D eigenvalue weighted by Gasteiger charge is 2.20. The molecule has 0 aliphatic heterocycles. The smallest absolute Gasteiger partial charge is 0.140 e. The van der Waals surface area contributed by atoms with Gasteiger partial charge in [0.1, 0.15) is 5.78 Å². The Labute approximate surface area is 111 Å². The van der Waals surface area contributed by atoms with Gasteiger partial charge in [0.05, 0.1) is 26.4 Å². The summed E-state index contributed by atoms with van der Waals surface area (Å²) in [6.45, 7) is 12.2. The Morgan fingerprint density at radius 1 is 1.00 bits per heavy atom. The van der Waals surface area contributed by atoms with Crippen molar-refractivity contribution in [2.24, 2.45) is 5.41 Å². The number of carbonyl (C=O) groups is 1. The van der Waals surface area contributed by atoms with Gasteiger partial charge in [-0.15, -0.1) is 0 Å². The van der Waals surface area contributed by atoms with E-state index in [-0.39, 0.29) is 11.2 Å². The van der Waals surface area contributed by atoms with E-state index in [0.717, 1.165) is 19.5 Å². The molecule has 108 valence electrons. The molecule has 4 heteroatoms. The van der Waals surface area contributed by atoms with E-state index < -0.39 is 0 Å². The number of nitrogens with one attached hydrogen (secondary N) is 1. The zero-order chi connectivity index (χ0) is 13.9. The fourth-order valence-electron chi connectivity index (χ4n) is 1.31. The molecule has 0 atom stereocenters. The molecule has 0 heterocycles. The van der Waals surface area contributed by atoms with Crippen molar-refractivity contribution >= 4 is 5.78 Å². The van der Waals surface area contributed by atoms with Crippen LogP contribution in [0.3, 0.4) is 0 Å². The van der Waals surface area contributed by atoms with Gasteiger partial charge in [-0.2, -0.15) is 0 Å². The monoisotopic (exact) mass is 259 g/mol. The van der Waals surface area contributed by atoms with Crippen LogP contribution in [0, 0.1) is 5.41 Å². The van der Waals surface area contributed by atoms with Gasteiger partial charge in [-0.25, -0.2) is 0 Å². The molecule has 0 fully saturated rings. The first-order valence-corrected chi connectivity index (χ1v) is 6.88. The van der Waals surface area contributed by atoms with Crippen LogP contribution >= 0.6 is 0 Å². The minimum atomic E-state index is -0.259. The molecule has 0 unspecified atom stereocenters. The van der Waals surface area contributed by atoms with Crippen molar-refractivity contribution in [3.8, 4) is 0 Å². The van der Waals surface area contributed by atoms with E-state index in [1.54, 1.807) is 0 Å². The predicted molar refractivity (Wildman–Crippen MR) is 73.9 cm³/mol. The lowest BCUT2D eigenvalue weighted by atomic mass is 9.89. The Balaban J connectivity index is 3.19. The third-order valence-electron chi connectivity index (χ3n) is 2.53. The third-order valence-corrected chi connectivity index (χ3v) is 2.53. The van der Waals surface area contributed by atoms with E-state index in [4.69, 9.17) is 9.47 Å². The zero-order valence-corrected chi connectivity index (χ0v) is 12.4. The van der Waals surface area contributed by atoms with Gasteiger partial charge in [0, 0.05) is 18.4 Å². The first-order valence-electron chi connectivity index (χ1n) is 6.88. The molecule has 0 spiro atoms. The van der Waals surface area contributed by atoms with Crippen molar-refractivity contribution in [1.29, 1.82) is 0 Å². The van der Waals surface area contributed by atoms with E-state index in [2.05, 4.69) is 12.2 Å². The summed E-state index contributed by atoms with van der Waals surface area (Å²) < 4.78 is 10.7. The van der Waals surface area contributed by atoms with Crippen LogP contribution < -0.4 is 5.32 Å². The SMILES string of the molecule is CCCNCCOCCOCCC(=O)C(C)(C)C. The van der Waals surface area contributed by atoms with E-state index in [1.165, 1.54) is 0 Å². The molecular weight excluding hydrogens is 230 g/mol. The van der Waals surface area contributed by atoms with Crippen LogP contribution in [-0.4, -0.2) is 45.3 Å². The summed E-state index contributed by atoms with van der Waals surface area (Å²) in [5.41, 5.74) is -0.259. The largest absolute Gasteiger partial charge is 0.379 e. The summed E-state index contributed by atoms with van der Waals surface area (Å²) in [5, 5.41) is 3.26. The second-order valence-corrected chi connectivity index (χ2v) is 5.40.